The third-order valence-corrected chi connectivity index (χ3v) is 3.20. The summed E-state index contributed by atoms with van der Waals surface area (Å²) in [5.74, 6) is 0.0729. The standard InChI is InChI=1S/C13H20N2O/c1-4-13(2,10-14)12(16)15(3)11-8-6-5-7-9-11/h5-9H,4,10,14H2,1-3H3. The van der Waals surface area contributed by atoms with Crippen molar-refractivity contribution in [3.05, 3.63) is 30.3 Å². The Morgan fingerprint density at radius 3 is 2.38 bits per heavy atom. The van der Waals surface area contributed by atoms with Gasteiger partial charge in [-0.3, -0.25) is 4.79 Å². The van der Waals surface area contributed by atoms with Crippen molar-refractivity contribution in [3.63, 3.8) is 0 Å². The van der Waals surface area contributed by atoms with Crippen LogP contribution in [-0.2, 0) is 4.79 Å². The second-order valence-electron chi connectivity index (χ2n) is 4.32. The zero-order valence-corrected chi connectivity index (χ0v) is 10.2. The van der Waals surface area contributed by atoms with Gasteiger partial charge in [0.15, 0.2) is 0 Å². The lowest BCUT2D eigenvalue weighted by atomic mass is 9.86. The monoisotopic (exact) mass is 220 g/mol. The molecule has 2 N–H and O–H groups in total. The van der Waals surface area contributed by atoms with Crippen molar-refractivity contribution >= 4 is 11.6 Å². The summed E-state index contributed by atoms with van der Waals surface area (Å²) in [6, 6.07) is 9.62. The second-order valence-corrected chi connectivity index (χ2v) is 4.32. The number of rotatable bonds is 4. The lowest BCUT2D eigenvalue weighted by molar-refractivity contribution is -0.126. The molecule has 16 heavy (non-hydrogen) atoms. The summed E-state index contributed by atoms with van der Waals surface area (Å²) in [6.07, 6.45) is 0.750. The van der Waals surface area contributed by atoms with Crippen molar-refractivity contribution in [2.45, 2.75) is 20.3 Å². The van der Waals surface area contributed by atoms with Crippen LogP contribution in [0.1, 0.15) is 20.3 Å². The van der Waals surface area contributed by atoms with Gasteiger partial charge in [-0.1, -0.05) is 25.1 Å². The van der Waals surface area contributed by atoms with Gasteiger partial charge in [-0.25, -0.2) is 0 Å². The van der Waals surface area contributed by atoms with E-state index in [1.165, 1.54) is 0 Å². The molecule has 0 aromatic heterocycles. The van der Waals surface area contributed by atoms with Gasteiger partial charge in [0.05, 0.1) is 5.41 Å². The van der Waals surface area contributed by atoms with Gasteiger partial charge in [-0.15, -0.1) is 0 Å². The molecule has 3 heteroatoms. The quantitative estimate of drug-likeness (QED) is 0.844. The molecule has 0 saturated heterocycles. The molecule has 1 unspecified atom stereocenters. The molecule has 1 aromatic carbocycles. The molecule has 0 radical (unpaired) electrons. The third kappa shape index (κ3) is 2.42. The minimum absolute atomic E-state index is 0.0729. The van der Waals surface area contributed by atoms with E-state index in [0.29, 0.717) is 6.54 Å². The number of amides is 1. The number of carbonyl (C=O) groups excluding carboxylic acids is 1. The molecule has 0 spiro atoms. The van der Waals surface area contributed by atoms with Crippen molar-refractivity contribution in [2.75, 3.05) is 18.5 Å². The summed E-state index contributed by atoms with van der Waals surface area (Å²) in [6.45, 7) is 4.28. The Hall–Kier alpha value is -1.35. The van der Waals surface area contributed by atoms with Crippen LogP contribution in [0.2, 0.25) is 0 Å². The zero-order valence-electron chi connectivity index (χ0n) is 10.2. The Bertz CT molecular complexity index is 344. The smallest absolute Gasteiger partial charge is 0.233 e. The van der Waals surface area contributed by atoms with Crippen LogP contribution < -0.4 is 10.6 Å². The maximum Gasteiger partial charge on any atom is 0.233 e. The fourth-order valence-corrected chi connectivity index (χ4v) is 1.56. The van der Waals surface area contributed by atoms with Gasteiger partial charge in [-0.05, 0) is 25.5 Å². The van der Waals surface area contributed by atoms with Crippen molar-refractivity contribution in [3.8, 4) is 0 Å². The van der Waals surface area contributed by atoms with Crippen molar-refractivity contribution in [1.82, 2.24) is 0 Å². The molecule has 1 aromatic rings. The minimum Gasteiger partial charge on any atom is -0.329 e. The van der Waals surface area contributed by atoms with Gasteiger partial charge in [0.2, 0.25) is 5.91 Å². The van der Waals surface area contributed by atoms with Crippen LogP contribution in [0.25, 0.3) is 0 Å². The first-order chi connectivity index (χ1) is 7.55. The van der Waals surface area contributed by atoms with Gasteiger partial charge in [-0.2, -0.15) is 0 Å². The number of nitrogens with zero attached hydrogens (tertiary/aromatic N) is 1. The maximum absolute atomic E-state index is 12.3. The molecule has 0 bridgehead atoms. The second kappa shape index (κ2) is 5.12. The summed E-state index contributed by atoms with van der Waals surface area (Å²) >= 11 is 0. The number of nitrogens with two attached hydrogens (primary N) is 1. The van der Waals surface area contributed by atoms with E-state index in [9.17, 15) is 4.79 Å². The Kier molecular flexibility index (Phi) is 4.07. The predicted octanol–water partition coefficient (Wildman–Crippen LogP) is 2.02. The highest BCUT2D eigenvalue weighted by atomic mass is 16.2. The zero-order chi connectivity index (χ0) is 12.2. The topological polar surface area (TPSA) is 46.3 Å². The first-order valence-electron chi connectivity index (χ1n) is 5.58. The van der Waals surface area contributed by atoms with Crippen molar-refractivity contribution in [2.24, 2.45) is 11.1 Å². The molecular weight excluding hydrogens is 200 g/mol. The molecule has 0 aliphatic rings. The largest absolute Gasteiger partial charge is 0.329 e. The SMILES string of the molecule is CCC(C)(CN)C(=O)N(C)c1ccccc1. The number of para-hydroxylation sites is 1. The van der Waals surface area contributed by atoms with E-state index < -0.39 is 5.41 Å². The highest BCUT2D eigenvalue weighted by molar-refractivity contribution is 5.97. The Morgan fingerprint density at radius 1 is 1.38 bits per heavy atom. The summed E-state index contributed by atoms with van der Waals surface area (Å²) in [5.41, 5.74) is 6.12. The van der Waals surface area contributed by atoms with E-state index in [4.69, 9.17) is 5.73 Å². The molecule has 1 atom stereocenters. The van der Waals surface area contributed by atoms with Crippen molar-refractivity contribution < 1.29 is 4.79 Å². The lowest BCUT2D eigenvalue weighted by Gasteiger charge is -2.30. The highest BCUT2D eigenvalue weighted by Crippen LogP contribution is 2.25. The van der Waals surface area contributed by atoms with E-state index in [-0.39, 0.29) is 5.91 Å². The summed E-state index contributed by atoms with van der Waals surface area (Å²) in [4.78, 5) is 14.0. The molecule has 0 aliphatic heterocycles. The summed E-state index contributed by atoms with van der Waals surface area (Å²) in [5, 5.41) is 0. The van der Waals surface area contributed by atoms with Crippen LogP contribution in [-0.4, -0.2) is 19.5 Å². The Morgan fingerprint density at radius 2 is 1.94 bits per heavy atom. The average Bonchev–Trinajstić information content (AvgIpc) is 2.37. The van der Waals surface area contributed by atoms with Gasteiger partial charge < -0.3 is 10.6 Å². The average molecular weight is 220 g/mol. The number of benzene rings is 1. The van der Waals surface area contributed by atoms with E-state index >= 15 is 0 Å². The molecule has 0 heterocycles. The Balaban J connectivity index is 2.90. The summed E-state index contributed by atoms with van der Waals surface area (Å²) in [7, 11) is 1.79. The third-order valence-electron chi connectivity index (χ3n) is 3.20. The maximum atomic E-state index is 12.3. The molecule has 1 rings (SSSR count). The van der Waals surface area contributed by atoms with Gasteiger partial charge in [0.1, 0.15) is 0 Å². The van der Waals surface area contributed by atoms with Crippen LogP contribution in [0.5, 0.6) is 0 Å². The molecular formula is C13H20N2O. The number of carbonyl (C=O) groups is 1. The van der Waals surface area contributed by atoms with E-state index in [1.807, 2.05) is 44.2 Å². The molecule has 88 valence electrons. The molecule has 0 fully saturated rings. The van der Waals surface area contributed by atoms with Crippen LogP contribution in [0.3, 0.4) is 0 Å². The normalized spacial score (nSPS) is 14.2. The van der Waals surface area contributed by atoms with Crippen LogP contribution in [0, 0.1) is 5.41 Å². The molecule has 0 aliphatic carbocycles. The van der Waals surface area contributed by atoms with Crippen molar-refractivity contribution in [1.29, 1.82) is 0 Å². The van der Waals surface area contributed by atoms with Crippen LogP contribution in [0.4, 0.5) is 5.69 Å². The van der Waals surface area contributed by atoms with Crippen LogP contribution in [0.15, 0.2) is 30.3 Å². The van der Waals surface area contributed by atoms with E-state index in [2.05, 4.69) is 0 Å². The van der Waals surface area contributed by atoms with Gasteiger partial charge in [0, 0.05) is 19.3 Å². The van der Waals surface area contributed by atoms with Crippen LogP contribution >= 0.6 is 0 Å². The fraction of sp³-hybridized carbons (Fsp3) is 0.462. The molecule has 0 saturated carbocycles. The lowest BCUT2D eigenvalue weighted by Crippen LogP contribution is -2.44. The highest BCUT2D eigenvalue weighted by Gasteiger charge is 2.32. The first kappa shape index (κ1) is 12.7. The number of hydrogen-bond donors (Lipinski definition) is 1. The number of hydrogen-bond acceptors (Lipinski definition) is 2. The number of anilines is 1. The fourth-order valence-electron chi connectivity index (χ4n) is 1.56. The van der Waals surface area contributed by atoms with E-state index in [0.717, 1.165) is 12.1 Å². The molecule has 1 amide bonds. The summed E-state index contributed by atoms with van der Waals surface area (Å²) < 4.78 is 0. The van der Waals surface area contributed by atoms with Gasteiger partial charge >= 0.3 is 0 Å². The Labute approximate surface area is 97.2 Å². The van der Waals surface area contributed by atoms with E-state index in [1.54, 1.807) is 11.9 Å². The van der Waals surface area contributed by atoms with Gasteiger partial charge in [0.25, 0.3) is 0 Å². The molecule has 3 nitrogen and oxygen atoms in total. The predicted molar refractivity (Wildman–Crippen MR) is 67.3 cm³/mol. The first-order valence-corrected chi connectivity index (χ1v) is 5.58. The minimum atomic E-state index is -0.468.